The second kappa shape index (κ2) is 8.20. The van der Waals surface area contributed by atoms with Crippen molar-refractivity contribution < 1.29 is 9.47 Å². The van der Waals surface area contributed by atoms with Gasteiger partial charge >= 0.3 is 0 Å². The number of hydrogen-bond donors (Lipinski definition) is 1. The summed E-state index contributed by atoms with van der Waals surface area (Å²) < 4.78 is 11.1. The van der Waals surface area contributed by atoms with Gasteiger partial charge in [0.05, 0.1) is 19.3 Å². The molecule has 0 bridgehead atoms. The van der Waals surface area contributed by atoms with Crippen LogP contribution in [0.15, 0.2) is 0 Å². The van der Waals surface area contributed by atoms with Crippen LogP contribution >= 0.6 is 0 Å². The molecule has 4 nitrogen and oxygen atoms in total. The van der Waals surface area contributed by atoms with Crippen LogP contribution in [-0.4, -0.2) is 63.0 Å². The minimum Gasteiger partial charge on any atom is -0.379 e. The van der Waals surface area contributed by atoms with E-state index in [-0.39, 0.29) is 0 Å². The van der Waals surface area contributed by atoms with Crippen molar-refractivity contribution in [2.24, 2.45) is 5.92 Å². The van der Waals surface area contributed by atoms with Gasteiger partial charge in [-0.25, -0.2) is 0 Å². The Labute approximate surface area is 117 Å². The van der Waals surface area contributed by atoms with Crippen LogP contribution in [0.2, 0.25) is 0 Å². The Kier molecular flexibility index (Phi) is 6.57. The molecule has 2 aliphatic rings. The molecule has 0 aliphatic carbocycles. The van der Waals surface area contributed by atoms with Crippen LogP contribution in [-0.2, 0) is 9.47 Å². The van der Waals surface area contributed by atoms with Crippen LogP contribution in [0, 0.1) is 5.92 Å². The first-order valence-corrected chi connectivity index (χ1v) is 7.90. The van der Waals surface area contributed by atoms with E-state index in [1.807, 2.05) is 0 Å². The molecule has 19 heavy (non-hydrogen) atoms. The van der Waals surface area contributed by atoms with Crippen molar-refractivity contribution in [2.45, 2.75) is 45.3 Å². The highest BCUT2D eigenvalue weighted by molar-refractivity contribution is 4.78. The molecule has 0 spiro atoms. The summed E-state index contributed by atoms with van der Waals surface area (Å²) >= 11 is 0. The van der Waals surface area contributed by atoms with E-state index in [9.17, 15) is 0 Å². The predicted molar refractivity (Wildman–Crippen MR) is 77.5 cm³/mol. The molecule has 1 N–H and O–H groups in total. The molecule has 0 aromatic rings. The molecule has 0 saturated carbocycles. The van der Waals surface area contributed by atoms with E-state index in [2.05, 4.69) is 24.1 Å². The molecule has 2 fully saturated rings. The maximum absolute atomic E-state index is 5.67. The molecule has 2 aliphatic heterocycles. The Bertz CT molecular complexity index is 236. The first kappa shape index (κ1) is 15.2. The first-order valence-electron chi connectivity index (χ1n) is 7.90. The molecule has 0 radical (unpaired) electrons. The predicted octanol–water partition coefficient (Wildman–Crippen LogP) is 1.50. The molecular formula is C15H30N2O2. The van der Waals surface area contributed by atoms with Crippen LogP contribution in [0.1, 0.15) is 33.1 Å². The zero-order chi connectivity index (χ0) is 13.5. The zero-order valence-electron chi connectivity index (χ0n) is 12.6. The number of rotatable bonds is 7. The van der Waals surface area contributed by atoms with Gasteiger partial charge in [-0.15, -0.1) is 0 Å². The van der Waals surface area contributed by atoms with Crippen LogP contribution < -0.4 is 5.32 Å². The standard InChI is InChI=1S/C15H30N2O2/c1-13(2)10-14(17-5-8-18-9-6-17)11-16-12-15-4-3-7-19-15/h13-16H,3-12H2,1-2H3. The largest absolute Gasteiger partial charge is 0.379 e. The van der Waals surface area contributed by atoms with E-state index < -0.39 is 0 Å². The third-order valence-corrected chi connectivity index (χ3v) is 4.08. The molecule has 2 heterocycles. The molecule has 2 unspecified atom stereocenters. The van der Waals surface area contributed by atoms with Crippen LogP contribution in [0.5, 0.6) is 0 Å². The van der Waals surface area contributed by atoms with Crippen molar-refractivity contribution in [3.05, 3.63) is 0 Å². The van der Waals surface area contributed by atoms with Gasteiger partial charge in [-0.05, 0) is 25.2 Å². The summed E-state index contributed by atoms with van der Waals surface area (Å²) in [4.78, 5) is 2.59. The summed E-state index contributed by atoms with van der Waals surface area (Å²) in [6, 6.07) is 0.644. The maximum Gasteiger partial charge on any atom is 0.0700 e. The number of morpholine rings is 1. The Morgan fingerprint density at radius 3 is 2.63 bits per heavy atom. The van der Waals surface area contributed by atoms with Gasteiger partial charge in [0.2, 0.25) is 0 Å². The van der Waals surface area contributed by atoms with Gasteiger partial charge in [0.15, 0.2) is 0 Å². The van der Waals surface area contributed by atoms with E-state index in [0.717, 1.165) is 51.9 Å². The summed E-state index contributed by atoms with van der Waals surface area (Å²) in [5.41, 5.74) is 0. The normalized spacial score (nSPS) is 27.0. The lowest BCUT2D eigenvalue weighted by Crippen LogP contribution is -2.49. The lowest BCUT2D eigenvalue weighted by atomic mass is 10.0. The quantitative estimate of drug-likeness (QED) is 0.760. The molecule has 2 rings (SSSR count). The minimum absolute atomic E-state index is 0.449. The van der Waals surface area contributed by atoms with E-state index in [1.54, 1.807) is 0 Å². The van der Waals surface area contributed by atoms with Gasteiger partial charge in [0, 0.05) is 38.8 Å². The lowest BCUT2D eigenvalue weighted by molar-refractivity contribution is 0.0115. The van der Waals surface area contributed by atoms with E-state index in [4.69, 9.17) is 9.47 Å². The number of nitrogens with zero attached hydrogens (tertiary/aromatic N) is 1. The molecule has 0 amide bonds. The highest BCUT2D eigenvalue weighted by Gasteiger charge is 2.22. The smallest absolute Gasteiger partial charge is 0.0700 e. The number of hydrogen-bond acceptors (Lipinski definition) is 4. The zero-order valence-corrected chi connectivity index (χ0v) is 12.6. The minimum atomic E-state index is 0.449. The van der Waals surface area contributed by atoms with Crippen molar-refractivity contribution >= 4 is 0 Å². The molecule has 2 saturated heterocycles. The van der Waals surface area contributed by atoms with Crippen molar-refractivity contribution in [3.63, 3.8) is 0 Å². The summed E-state index contributed by atoms with van der Waals surface area (Å²) in [5.74, 6) is 0.748. The molecule has 0 aromatic carbocycles. The molecule has 0 aromatic heterocycles. The van der Waals surface area contributed by atoms with Gasteiger partial charge in [-0.1, -0.05) is 13.8 Å². The number of nitrogens with one attached hydrogen (secondary N) is 1. The van der Waals surface area contributed by atoms with Crippen LogP contribution in [0.4, 0.5) is 0 Å². The van der Waals surface area contributed by atoms with Gasteiger partial charge in [0.1, 0.15) is 0 Å². The van der Waals surface area contributed by atoms with Gasteiger partial charge < -0.3 is 14.8 Å². The SMILES string of the molecule is CC(C)CC(CNCC1CCCO1)N1CCOCC1. The van der Waals surface area contributed by atoms with E-state index in [0.29, 0.717) is 12.1 Å². The second-order valence-electron chi connectivity index (χ2n) is 6.22. The fraction of sp³-hybridized carbons (Fsp3) is 1.00. The van der Waals surface area contributed by atoms with Crippen molar-refractivity contribution in [1.82, 2.24) is 10.2 Å². The third kappa shape index (κ3) is 5.38. The maximum atomic E-state index is 5.67. The van der Waals surface area contributed by atoms with Crippen molar-refractivity contribution in [3.8, 4) is 0 Å². The fourth-order valence-corrected chi connectivity index (χ4v) is 3.06. The first-order chi connectivity index (χ1) is 9.25. The monoisotopic (exact) mass is 270 g/mol. The van der Waals surface area contributed by atoms with Crippen molar-refractivity contribution in [2.75, 3.05) is 46.0 Å². The average molecular weight is 270 g/mol. The number of ether oxygens (including phenoxy) is 2. The molecular weight excluding hydrogens is 240 g/mol. The van der Waals surface area contributed by atoms with E-state index >= 15 is 0 Å². The second-order valence-corrected chi connectivity index (χ2v) is 6.22. The fourth-order valence-electron chi connectivity index (χ4n) is 3.06. The van der Waals surface area contributed by atoms with Gasteiger partial charge in [-0.2, -0.15) is 0 Å². The highest BCUT2D eigenvalue weighted by Crippen LogP contribution is 2.14. The summed E-state index contributed by atoms with van der Waals surface area (Å²) in [6.45, 7) is 11.6. The Hall–Kier alpha value is -0.160. The topological polar surface area (TPSA) is 33.7 Å². The Morgan fingerprint density at radius 2 is 2.00 bits per heavy atom. The Morgan fingerprint density at radius 1 is 1.21 bits per heavy atom. The lowest BCUT2D eigenvalue weighted by Gasteiger charge is -2.35. The summed E-state index contributed by atoms with van der Waals surface area (Å²) in [6.07, 6.45) is 4.16. The van der Waals surface area contributed by atoms with Crippen LogP contribution in [0.3, 0.4) is 0 Å². The van der Waals surface area contributed by atoms with Gasteiger partial charge in [0.25, 0.3) is 0 Å². The summed E-state index contributed by atoms with van der Waals surface area (Å²) in [7, 11) is 0. The van der Waals surface area contributed by atoms with Crippen molar-refractivity contribution in [1.29, 1.82) is 0 Å². The molecule has 2 atom stereocenters. The van der Waals surface area contributed by atoms with Gasteiger partial charge in [-0.3, -0.25) is 4.90 Å². The summed E-state index contributed by atoms with van der Waals surface area (Å²) in [5, 5.41) is 3.62. The third-order valence-electron chi connectivity index (χ3n) is 4.08. The highest BCUT2D eigenvalue weighted by atomic mass is 16.5. The molecule has 112 valence electrons. The van der Waals surface area contributed by atoms with E-state index in [1.165, 1.54) is 19.3 Å². The average Bonchev–Trinajstić information content (AvgIpc) is 2.91. The Balaban J connectivity index is 1.72. The van der Waals surface area contributed by atoms with Crippen LogP contribution in [0.25, 0.3) is 0 Å². The molecule has 4 heteroatoms.